The van der Waals surface area contributed by atoms with Crippen molar-refractivity contribution in [3.05, 3.63) is 48.6 Å². The number of carbonyl (C=O) groups excluding carboxylic acids is 3. The Morgan fingerprint density at radius 2 is 0.676 bits per heavy atom. The highest BCUT2D eigenvalue weighted by Crippen LogP contribution is 2.43. The minimum atomic E-state index is -4.75. The fraction of sp³-hybridized carbons (Fsp3) is 0.823. The lowest BCUT2D eigenvalue weighted by molar-refractivity contribution is -0.161. The standard InChI is InChI=1S/C62H113O11P/c1-4-7-10-13-16-19-22-24-26-28-29-31-33-35-38-41-44-47-50-53-62(66)73-59(55-69-60(64)51-48-45-42-39-37-34-32-30-27-25-23-20-17-14-11-8-5-2)57-71-74(67,68)70-56-58(54-63)72-61(65)52-49-46-43-40-36-21-18-15-12-9-6-3/h15-16,18-19,24,26,29,31,58-59,63H,4-14,17,20-23,25,27-28,30,32-57H2,1-3H3,(H,67,68)/b18-15-,19-16-,26-24-,31-29-. The summed E-state index contributed by atoms with van der Waals surface area (Å²) in [5.74, 6) is -1.47. The van der Waals surface area contributed by atoms with E-state index in [0.29, 0.717) is 19.3 Å². The quantitative estimate of drug-likeness (QED) is 0.0197. The molecule has 0 saturated heterocycles. The average molecular weight is 1070 g/mol. The zero-order valence-electron chi connectivity index (χ0n) is 47.8. The zero-order chi connectivity index (χ0) is 54.1. The molecule has 3 unspecified atom stereocenters. The van der Waals surface area contributed by atoms with E-state index in [2.05, 4.69) is 69.4 Å². The van der Waals surface area contributed by atoms with Crippen LogP contribution in [0, 0.1) is 0 Å². The van der Waals surface area contributed by atoms with Gasteiger partial charge in [-0.25, -0.2) is 4.57 Å². The Hall–Kier alpha value is -2.56. The van der Waals surface area contributed by atoms with Crippen LogP contribution in [0.25, 0.3) is 0 Å². The summed E-state index contributed by atoms with van der Waals surface area (Å²) in [6.45, 7) is 4.60. The molecule has 0 rings (SSSR count). The van der Waals surface area contributed by atoms with Gasteiger partial charge in [0.15, 0.2) is 6.10 Å². The van der Waals surface area contributed by atoms with Crippen molar-refractivity contribution in [3.63, 3.8) is 0 Å². The highest BCUT2D eigenvalue weighted by Gasteiger charge is 2.28. The van der Waals surface area contributed by atoms with E-state index < -0.39 is 57.8 Å². The van der Waals surface area contributed by atoms with Crippen LogP contribution in [0.1, 0.15) is 290 Å². The number of ether oxygens (including phenoxy) is 3. The van der Waals surface area contributed by atoms with Crippen LogP contribution in [-0.2, 0) is 42.2 Å². The van der Waals surface area contributed by atoms with Crippen molar-refractivity contribution >= 4 is 25.7 Å². The number of phosphoric acid groups is 1. The molecule has 0 fully saturated rings. The van der Waals surface area contributed by atoms with Crippen LogP contribution in [0.3, 0.4) is 0 Å². The lowest BCUT2D eigenvalue weighted by atomic mass is 10.0. The number of rotatable bonds is 57. The van der Waals surface area contributed by atoms with Crippen LogP contribution in [0.15, 0.2) is 48.6 Å². The van der Waals surface area contributed by atoms with E-state index in [-0.39, 0.29) is 25.9 Å². The summed E-state index contributed by atoms with van der Waals surface area (Å²) >= 11 is 0. The first-order valence-corrected chi connectivity index (χ1v) is 32.0. The molecule has 74 heavy (non-hydrogen) atoms. The molecule has 0 aliphatic carbocycles. The van der Waals surface area contributed by atoms with Gasteiger partial charge in [-0.1, -0.05) is 243 Å². The van der Waals surface area contributed by atoms with Gasteiger partial charge < -0.3 is 24.2 Å². The highest BCUT2D eigenvalue weighted by molar-refractivity contribution is 7.47. The van der Waals surface area contributed by atoms with Crippen molar-refractivity contribution in [1.29, 1.82) is 0 Å². The SMILES string of the molecule is CCCC/C=C\CCCCCCCC(=O)OC(CO)COP(=O)(O)OCC(COC(=O)CCCCCCCCCCCCCCCCCCC)OC(=O)CCCCCCCC/C=C\C/C=C\C/C=C\CCCCC. The Bertz CT molecular complexity index is 1430. The Labute approximate surface area is 453 Å². The zero-order valence-corrected chi connectivity index (χ0v) is 48.7. The van der Waals surface area contributed by atoms with Gasteiger partial charge in [0, 0.05) is 19.3 Å². The number of carbonyl (C=O) groups is 3. The van der Waals surface area contributed by atoms with Gasteiger partial charge >= 0.3 is 25.7 Å². The summed E-state index contributed by atoms with van der Waals surface area (Å²) in [7, 11) is -4.75. The second kappa shape index (κ2) is 56.6. The number of aliphatic hydroxyl groups is 1. The maximum atomic E-state index is 12.9. The van der Waals surface area contributed by atoms with E-state index in [0.717, 1.165) is 109 Å². The molecule has 0 aliphatic rings. The first kappa shape index (κ1) is 71.4. The van der Waals surface area contributed by atoms with E-state index in [4.69, 9.17) is 23.3 Å². The minimum Gasteiger partial charge on any atom is -0.462 e. The van der Waals surface area contributed by atoms with Gasteiger partial charge in [0.1, 0.15) is 12.7 Å². The summed E-state index contributed by atoms with van der Waals surface area (Å²) in [6.07, 6.45) is 60.7. The van der Waals surface area contributed by atoms with E-state index in [1.165, 1.54) is 122 Å². The fourth-order valence-corrected chi connectivity index (χ4v) is 9.31. The number of unbranched alkanes of at least 4 members (excludes halogenated alkanes) is 32. The van der Waals surface area contributed by atoms with E-state index in [1.807, 2.05) is 0 Å². The number of allylic oxidation sites excluding steroid dienone is 8. The lowest BCUT2D eigenvalue weighted by Crippen LogP contribution is -2.30. The summed E-state index contributed by atoms with van der Waals surface area (Å²) in [4.78, 5) is 48.6. The van der Waals surface area contributed by atoms with Crippen LogP contribution in [-0.4, -0.2) is 66.5 Å². The predicted octanol–water partition coefficient (Wildman–Crippen LogP) is 18.1. The molecule has 0 heterocycles. The van der Waals surface area contributed by atoms with Crippen molar-refractivity contribution in [2.75, 3.05) is 26.4 Å². The summed E-state index contributed by atoms with van der Waals surface area (Å²) in [6, 6.07) is 0. The number of aliphatic hydroxyl groups excluding tert-OH is 1. The van der Waals surface area contributed by atoms with Crippen LogP contribution < -0.4 is 0 Å². The third kappa shape index (κ3) is 54.2. The van der Waals surface area contributed by atoms with Gasteiger partial charge in [-0.05, 0) is 77.0 Å². The predicted molar refractivity (Wildman–Crippen MR) is 307 cm³/mol. The topological polar surface area (TPSA) is 155 Å². The molecule has 3 atom stereocenters. The van der Waals surface area contributed by atoms with Crippen molar-refractivity contribution in [2.45, 2.75) is 303 Å². The Balaban J connectivity index is 4.72. The molecule has 0 aromatic heterocycles. The van der Waals surface area contributed by atoms with E-state index in [1.54, 1.807) is 0 Å². The lowest BCUT2D eigenvalue weighted by Gasteiger charge is -2.21. The number of phosphoric ester groups is 1. The van der Waals surface area contributed by atoms with Crippen LogP contribution in [0.5, 0.6) is 0 Å². The molecule has 0 aromatic rings. The molecule has 0 bridgehead atoms. The van der Waals surface area contributed by atoms with Gasteiger partial charge in [-0.3, -0.25) is 23.4 Å². The first-order chi connectivity index (χ1) is 36.2. The third-order valence-electron chi connectivity index (χ3n) is 13.2. The molecule has 0 aliphatic heterocycles. The summed E-state index contributed by atoms with van der Waals surface area (Å²) < 4.78 is 39.6. The van der Waals surface area contributed by atoms with E-state index in [9.17, 15) is 28.9 Å². The molecule has 432 valence electrons. The third-order valence-corrected chi connectivity index (χ3v) is 14.2. The average Bonchev–Trinajstić information content (AvgIpc) is 3.39. The van der Waals surface area contributed by atoms with Crippen LogP contribution >= 0.6 is 7.82 Å². The molecule has 12 heteroatoms. The van der Waals surface area contributed by atoms with Gasteiger partial charge in [0.25, 0.3) is 0 Å². The smallest absolute Gasteiger partial charge is 0.462 e. The summed E-state index contributed by atoms with van der Waals surface area (Å²) in [5, 5.41) is 9.80. The molecule has 0 spiro atoms. The van der Waals surface area contributed by atoms with Crippen LogP contribution in [0.4, 0.5) is 0 Å². The molecule has 2 N–H and O–H groups in total. The van der Waals surface area contributed by atoms with Crippen LogP contribution in [0.2, 0.25) is 0 Å². The molecule has 0 amide bonds. The Morgan fingerprint density at radius 3 is 1.09 bits per heavy atom. The van der Waals surface area contributed by atoms with Crippen molar-refractivity contribution < 1.29 is 52.2 Å². The van der Waals surface area contributed by atoms with Gasteiger partial charge in [-0.15, -0.1) is 0 Å². The number of hydrogen-bond acceptors (Lipinski definition) is 10. The molecular weight excluding hydrogens is 952 g/mol. The molecule has 0 radical (unpaired) electrons. The number of esters is 3. The van der Waals surface area contributed by atoms with Gasteiger partial charge in [-0.2, -0.15) is 0 Å². The minimum absolute atomic E-state index is 0.155. The molecular formula is C62H113O11P. The molecule has 0 aromatic carbocycles. The Kier molecular flexibility index (Phi) is 54.7. The maximum Gasteiger partial charge on any atom is 0.472 e. The molecule has 11 nitrogen and oxygen atoms in total. The fourth-order valence-electron chi connectivity index (χ4n) is 8.52. The van der Waals surface area contributed by atoms with E-state index >= 15 is 0 Å². The highest BCUT2D eigenvalue weighted by atomic mass is 31.2. The van der Waals surface area contributed by atoms with Crippen molar-refractivity contribution in [2.24, 2.45) is 0 Å². The normalized spacial score (nSPS) is 13.6. The largest absolute Gasteiger partial charge is 0.472 e. The number of hydrogen-bond donors (Lipinski definition) is 2. The first-order valence-electron chi connectivity index (χ1n) is 30.5. The maximum absolute atomic E-state index is 12.9. The van der Waals surface area contributed by atoms with Gasteiger partial charge in [0.2, 0.25) is 0 Å². The second-order valence-corrected chi connectivity index (χ2v) is 22.0. The monoisotopic (exact) mass is 1060 g/mol. The van der Waals surface area contributed by atoms with Crippen molar-refractivity contribution in [3.8, 4) is 0 Å². The molecule has 0 saturated carbocycles. The second-order valence-electron chi connectivity index (χ2n) is 20.5. The van der Waals surface area contributed by atoms with Gasteiger partial charge in [0.05, 0.1) is 19.8 Å². The summed E-state index contributed by atoms with van der Waals surface area (Å²) in [5.41, 5.74) is 0. The Morgan fingerprint density at radius 1 is 0.378 bits per heavy atom. The van der Waals surface area contributed by atoms with Crippen molar-refractivity contribution in [1.82, 2.24) is 0 Å².